The van der Waals surface area contributed by atoms with Crippen LogP contribution in [0.4, 0.5) is 0 Å². The summed E-state index contributed by atoms with van der Waals surface area (Å²) < 4.78 is 0. The van der Waals surface area contributed by atoms with Gasteiger partial charge in [0, 0.05) is 13.1 Å². The van der Waals surface area contributed by atoms with Crippen LogP contribution in [0.25, 0.3) is 0 Å². The van der Waals surface area contributed by atoms with Gasteiger partial charge in [-0.15, -0.1) is 0 Å². The molecule has 0 saturated carbocycles. The first-order valence-corrected chi connectivity index (χ1v) is 6.10. The Morgan fingerprint density at radius 1 is 1.12 bits per heavy atom. The van der Waals surface area contributed by atoms with Crippen LogP contribution in [0.1, 0.15) is 37.9 Å². The number of piperazine rings is 1. The SMILES string of the molecule is CC(C)(C)c1ccc([C@H]2NCCNC2=O)cc1. The molecular weight excluding hydrogens is 212 g/mol. The maximum absolute atomic E-state index is 11.7. The third kappa shape index (κ3) is 2.67. The van der Waals surface area contributed by atoms with Crippen molar-refractivity contribution >= 4 is 5.91 Å². The van der Waals surface area contributed by atoms with Gasteiger partial charge in [0.25, 0.3) is 0 Å². The smallest absolute Gasteiger partial charge is 0.241 e. The average Bonchev–Trinajstić information content (AvgIpc) is 2.29. The van der Waals surface area contributed by atoms with E-state index in [1.165, 1.54) is 5.56 Å². The molecule has 0 bridgehead atoms. The summed E-state index contributed by atoms with van der Waals surface area (Å²) in [5.74, 6) is 0.0692. The second-order valence-corrected chi connectivity index (χ2v) is 5.55. The van der Waals surface area contributed by atoms with E-state index in [1.54, 1.807) is 0 Å². The van der Waals surface area contributed by atoms with Crippen LogP contribution < -0.4 is 10.6 Å². The Hall–Kier alpha value is -1.35. The van der Waals surface area contributed by atoms with Gasteiger partial charge in [0.2, 0.25) is 5.91 Å². The van der Waals surface area contributed by atoms with Crippen LogP contribution in [0.15, 0.2) is 24.3 Å². The topological polar surface area (TPSA) is 41.1 Å². The van der Waals surface area contributed by atoms with E-state index in [1.807, 2.05) is 12.1 Å². The molecule has 2 rings (SSSR count). The summed E-state index contributed by atoms with van der Waals surface area (Å²) in [5.41, 5.74) is 2.48. The molecule has 1 atom stereocenters. The van der Waals surface area contributed by atoms with Crippen molar-refractivity contribution in [2.45, 2.75) is 32.2 Å². The summed E-state index contributed by atoms with van der Waals surface area (Å²) in [6.45, 7) is 8.11. The molecular formula is C14H20N2O. The van der Waals surface area contributed by atoms with E-state index in [0.717, 1.165) is 18.7 Å². The molecule has 1 aliphatic heterocycles. The molecule has 1 saturated heterocycles. The molecule has 1 amide bonds. The second-order valence-electron chi connectivity index (χ2n) is 5.55. The molecule has 1 aliphatic rings. The summed E-state index contributed by atoms with van der Waals surface area (Å²) in [7, 11) is 0. The van der Waals surface area contributed by atoms with Crippen molar-refractivity contribution in [2.75, 3.05) is 13.1 Å². The van der Waals surface area contributed by atoms with Crippen molar-refractivity contribution in [2.24, 2.45) is 0 Å². The third-order valence-electron chi connectivity index (χ3n) is 3.14. The van der Waals surface area contributed by atoms with Gasteiger partial charge in [-0.25, -0.2) is 0 Å². The third-order valence-corrected chi connectivity index (χ3v) is 3.14. The van der Waals surface area contributed by atoms with Gasteiger partial charge in [-0.1, -0.05) is 45.0 Å². The minimum atomic E-state index is -0.197. The van der Waals surface area contributed by atoms with Crippen molar-refractivity contribution in [3.05, 3.63) is 35.4 Å². The van der Waals surface area contributed by atoms with E-state index in [9.17, 15) is 4.79 Å². The predicted octanol–water partition coefficient (Wildman–Crippen LogP) is 1.74. The molecule has 2 N–H and O–H groups in total. The van der Waals surface area contributed by atoms with Gasteiger partial charge in [-0.2, -0.15) is 0 Å². The Bertz CT molecular complexity index is 403. The molecule has 92 valence electrons. The molecule has 0 spiro atoms. The Morgan fingerprint density at radius 2 is 1.76 bits per heavy atom. The van der Waals surface area contributed by atoms with Crippen LogP contribution in [0.2, 0.25) is 0 Å². The number of carbonyl (C=O) groups is 1. The zero-order chi connectivity index (χ0) is 12.5. The van der Waals surface area contributed by atoms with Crippen LogP contribution >= 0.6 is 0 Å². The highest BCUT2D eigenvalue weighted by Crippen LogP contribution is 2.24. The summed E-state index contributed by atoms with van der Waals surface area (Å²) in [6.07, 6.45) is 0. The molecule has 1 heterocycles. The summed E-state index contributed by atoms with van der Waals surface area (Å²) in [5, 5.41) is 6.11. The highest BCUT2D eigenvalue weighted by molar-refractivity contribution is 5.83. The van der Waals surface area contributed by atoms with Gasteiger partial charge >= 0.3 is 0 Å². The average molecular weight is 232 g/mol. The first-order chi connectivity index (χ1) is 7.98. The minimum Gasteiger partial charge on any atom is -0.353 e. The minimum absolute atomic E-state index is 0.0692. The maximum Gasteiger partial charge on any atom is 0.241 e. The zero-order valence-electron chi connectivity index (χ0n) is 10.7. The number of hydrogen-bond acceptors (Lipinski definition) is 2. The van der Waals surface area contributed by atoms with Crippen molar-refractivity contribution in [1.29, 1.82) is 0 Å². The van der Waals surface area contributed by atoms with E-state index >= 15 is 0 Å². The fourth-order valence-corrected chi connectivity index (χ4v) is 2.04. The first kappa shape index (κ1) is 12.1. The van der Waals surface area contributed by atoms with Crippen LogP contribution in [-0.2, 0) is 10.2 Å². The zero-order valence-corrected chi connectivity index (χ0v) is 10.7. The highest BCUT2D eigenvalue weighted by Gasteiger charge is 2.23. The van der Waals surface area contributed by atoms with Gasteiger partial charge in [-0.3, -0.25) is 4.79 Å². The highest BCUT2D eigenvalue weighted by atomic mass is 16.2. The molecule has 1 fully saturated rings. The lowest BCUT2D eigenvalue weighted by Gasteiger charge is -2.25. The largest absolute Gasteiger partial charge is 0.353 e. The Kier molecular flexibility index (Phi) is 3.20. The van der Waals surface area contributed by atoms with E-state index in [0.29, 0.717) is 0 Å². The van der Waals surface area contributed by atoms with E-state index in [-0.39, 0.29) is 17.4 Å². The molecule has 0 radical (unpaired) electrons. The summed E-state index contributed by atoms with van der Waals surface area (Å²) in [4.78, 5) is 11.7. The molecule has 0 unspecified atom stereocenters. The number of nitrogens with one attached hydrogen (secondary N) is 2. The number of benzene rings is 1. The normalized spacial score (nSPS) is 21.1. The summed E-state index contributed by atoms with van der Waals surface area (Å²) >= 11 is 0. The molecule has 17 heavy (non-hydrogen) atoms. The first-order valence-electron chi connectivity index (χ1n) is 6.10. The van der Waals surface area contributed by atoms with E-state index in [4.69, 9.17) is 0 Å². The Balaban J connectivity index is 2.20. The second kappa shape index (κ2) is 4.49. The molecule has 0 aliphatic carbocycles. The van der Waals surface area contributed by atoms with Gasteiger partial charge < -0.3 is 10.6 Å². The lowest BCUT2D eigenvalue weighted by Crippen LogP contribution is -2.47. The molecule has 1 aromatic carbocycles. The quantitative estimate of drug-likeness (QED) is 0.774. The maximum atomic E-state index is 11.7. The number of hydrogen-bond donors (Lipinski definition) is 2. The lowest BCUT2D eigenvalue weighted by atomic mass is 9.86. The van der Waals surface area contributed by atoms with Gasteiger partial charge in [0.15, 0.2) is 0 Å². The Morgan fingerprint density at radius 3 is 2.29 bits per heavy atom. The van der Waals surface area contributed by atoms with Gasteiger partial charge in [0.1, 0.15) is 6.04 Å². The van der Waals surface area contributed by atoms with E-state index in [2.05, 4.69) is 43.5 Å². The van der Waals surface area contributed by atoms with Crippen molar-refractivity contribution in [3.63, 3.8) is 0 Å². The number of amides is 1. The Labute approximate surface area is 103 Å². The summed E-state index contributed by atoms with van der Waals surface area (Å²) in [6, 6.07) is 8.11. The standard InChI is InChI=1S/C14H20N2O/c1-14(2,3)11-6-4-10(5-7-11)12-13(17)16-9-8-15-12/h4-7,12,15H,8-9H2,1-3H3,(H,16,17)/t12-/m1/s1. The fourth-order valence-electron chi connectivity index (χ4n) is 2.04. The van der Waals surface area contributed by atoms with Crippen LogP contribution in [-0.4, -0.2) is 19.0 Å². The number of carbonyl (C=O) groups excluding carboxylic acids is 1. The van der Waals surface area contributed by atoms with Crippen LogP contribution in [0.3, 0.4) is 0 Å². The van der Waals surface area contributed by atoms with Gasteiger partial charge in [0.05, 0.1) is 0 Å². The predicted molar refractivity (Wildman–Crippen MR) is 68.9 cm³/mol. The molecule has 1 aromatic rings. The van der Waals surface area contributed by atoms with Crippen LogP contribution in [0.5, 0.6) is 0 Å². The van der Waals surface area contributed by atoms with Crippen LogP contribution in [0, 0.1) is 0 Å². The van der Waals surface area contributed by atoms with Crippen molar-refractivity contribution < 1.29 is 4.79 Å². The van der Waals surface area contributed by atoms with E-state index < -0.39 is 0 Å². The van der Waals surface area contributed by atoms with Crippen molar-refractivity contribution in [3.8, 4) is 0 Å². The fraction of sp³-hybridized carbons (Fsp3) is 0.500. The van der Waals surface area contributed by atoms with Gasteiger partial charge in [-0.05, 0) is 16.5 Å². The van der Waals surface area contributed by atoms with Crippen molar-refractivity contribution in [1.82, 2.24) is 10.6 Å². The monoisotopic (exact) mass is 232 g/mol. The molecule has 3 heteroatoms. The number of rotatable bonds is 1. The molecule has 3 nitrogen and oxygen atoms in total. The molecule has 0 aromatic heterocycles. The lowest BCUT2D eigenvalue weighted by molar-refractivity contribution is -0.124.